The van der Waals surface area contributed by atoms with Gasteiger partial charge in [-0.3, -0.25) is 0 Å². The summed E-state index contributed by atoms with van der Waals surface area (Å²) in [7, 11) is 0. The van der Waals surface area contributed by atoms with E-state index in [-0.39, 0.29) is 11.1 Å². The molecule has 1 spiro atoms. The molecule has 0 amide bonds. The second-order valence-corrected chi connectivity index (χ2v) is 5.60. The fraction of sp³-hybridized carbons (Fsp3) is 0.636. The Morgan fingerprint density at radius 3 is 2.61 bits per heavy atom. The summed E-state index contributed by atoms with van der Waals surface area (Å²) in [6.07, 6.45) is 3.37. The molecule has 3 rings (SSSR count). The predicted octanol–water partition coefficient (Wildman–Crippen LogP) is 2.24. The Hall–Kier alpha value is -0.430. The van der Waals surface area contributed by atoms with Gasteiger partial charge >= 0.3 is 0 Å². The van der Waals surface area contributed by atoms with Crippen molar-refractivity contribution in [3.63, 3.8) is 0 Å². The Balaban J connectivity index is 1.74. The highest BCUT2D eigenvalue weighted by Crippen LogP contribution is 2.34. The number of hydrogen-bond donors (Lipinski definition) is 0. The Morgan fingerprint density at radius 1 is 1.28 bits per heavy atom. The van der Waals surface area contributed by atoms with Crippen LogP contribution >= 0.6 is 27.5 Å². The molecule has 3 heterocycles. The molecule has 0 bridgehead atoms. The first kappa shape index (κ1) is 12.6. The van der Waals surface area contributed by atoms with Gasteiger partial charge in [0.15, 0.2) is 5.79 Å². The highest BCUT2D eigenvalue weighted by molar-refractivity contribution is 9.10. The van der Waals surface area contributed by atoms with Crippen LogP contribution in [0, 0.1) is 0 Å². The topological polar surface area (TPSA) is 47.5 Å². The zero-order valence-electron chi connectivity index (χ0n) is 9.73. The maximum absolute atomic E-state index is 5.84. The summed E-state index contributed by atoms with van der Waals surface area (Å²) in [4.78, 5) is 10.4. The van der Waals surface area contributed by atoms with Gasteiger partial charge in [0.25, 0.3) is 0 Å². The van der Waals surface area contributed by atoms with E-state index in [2.05, 4.69) is 30.8 Å². The summed E-state index contributed by atoms with van der Waals surface area (Å²) in [5, 5.41) is 0.266. The molecule has 98 valence electrons. The molecule has 0 unspecified atom stereocenters. The van der Waals surface area contributed by atoms with Gasteiger partial charge in [-0.05, 0) is 27.5 Å². The summed E-state index contributed by atoms with van der Waals surface area (Å²) in [5.74, 6) is 0.475. The Morgan fingerprint density at radius 2 is 1.94 bits per heavy atom. The Bertz CT molecular complexity index is 444. The average molecular weight is 335 g/mol. The fourth-order valence-electron chi connectivity index (χ4n) is 2.40. The van der Waals surface area contributed by atoms with E-state index in [0.717, 1.165) is 36.2 Å². The van der Waals surface area contributed by atoms with Crippen LogP contribution in [0.5, 0.6) is 0 Å². The van der Waals surface area contributed by atoms with E-state index in [1.807, 2.05) is 0 Å². The minimum atomic E-state index is -0.361. The Labute approximate surface area is 119 Å². The van der Waals surface area contributed by atoms with Crippen LogP contribution < -0.4 is 4.90 Å². The van der Waals surface area contributed by atoms with Crippen molar-refractivity contribution in [3.05, 3.63) is 16.0 Å². The third-order valence-electron chi connectivity index (χ3n) is 3.33. The van der Waals surface area contributed by atoms with Gasteiger partial charge in [0.1, 0.15) is 5.82 Å². The van der Waals surface area contributed by atoms with Gasteiger partial charge in [-0.1, -0.05) is 0 Å². The maximum atomic E-state index is 5.84. The van der Waals surface area contributed by atoms with Crippen LogP contribution in [-0.2, 0) is 9.47 Å². The molecule has 2 aliphatic heterocycles. The molecule has 0 atom stereocenters. The molecule has 18 heavy (non-hydrogen) atoms. The lowest BCUT2D eigenvalue weighted by atomic mass is 10.0. The molecule has 2 aliphatic rings. The van der Waals surface area contributed by atoms with Crippen LogP contribution in [0.25, 0.3) is 0 Å². The quantitative estimate of drug-likeness (QED) is 0.737. The first-order valence-electron chi connectivity index (χ1n) is 5.89. The second-order valence-electron chi connectivity index (χ2n) is 4.41. The standard InChI is InChI=1S/C11H13BrClN3O2/c12-8-7-14-10(13)15-9(8)16-3-1-11(2-4-16)17-5-6-18-11/h7H,1-6H2. The van der Waals surface area contributed by atoms with Gasteiger partial charge in [-0.2, -0.15) is 4.98 Å². The Kier molecular flexibility index (Phi) is 3.44. The van der Waals surface area contributed by atoms with E-state index in [0.29, 0.717) is 13.2 Å². The molecule has 1 aromatic rings. The van der Waals surface area contributed by atoms with E-state index in [1.165, 1.54) is 0 Å². The second kappa shape index (κ2) is 4.92. The van der Waals surface area contributed by atoms with Crippen molar-refractivity contribution in [2.24, 2.45) is 0 Å². The van der Waals surface area contributed by atoms with Crippen LogP contribution in [0.4, 0.5) is 5.82 Å². The summed E-state index contributed by atoms with van der Waals surface area (Å²) in [5.41, 5.74) is 0. The normalized spacial score (nSPS) is 22.7. The van der Waals surface area contributed by atoms with E-state index in [1.54, 1.807) is 6.20 Å². The molecular weight excluding hydrogens is 321 g/mol. The molecular formula is C11H13BrClN3O2. The van der Waals surface area contributed by atoms with E-state index in [4.69, 9.17) is 21.1 Å². The molecule has 0 radical (unpaired) electrons. The minimum absolute atomic E-state index is 0.266. The number of ether oxygens (including phenoxy) is 2. The van der Waals surface area contributed by atoms with Crippen molar-refractivity contribution >= 4 is 33.3 Å². The smallest absolute Gasteiger partial charge is 0.224 e. The number of rotatable bonds is 1. The minimum Gasteiger partial charge on any atom is -0.355 e. The lowest BCUT2D eigenvalue weighted by Gasteiger charge is -2.38. The van der Waals surface area contributed by atoms with Gasteiger partial charge in [-0.25, -0.2) is 4.98 Å². The van der Waals surface area contributed by atoms with Crippen molar-refractivity contribution in [1.82, 2.24) is 9.97 Å². The third kappa shape index (κ3) is 2.34. The summed E-state index contributed by atoms with van der Waals surface area (Å²) in [6.45, 7) is 3.07. The molecule has 2 fully saturated rings. The van der Waals surface area contributed by atoms with E-state index < -0.39 is 0 Å². The largest absolute Gasteiger partial charge is 0.355 e. The van der Waals surface area contributed by atoms with Crippen LogP contribution in [-0.4, -0.2) is 42.1 Å². The molecule has 2 saturated heterocycles. The molecule has 7 heteroatoms. The maximum Gasteiger partial charge on any atom is 0.224 e. The van der Waals surface area contributed by atoms with Gasteiger partial charge in [-0.15, -0.1) is 0 Å². The fourth-order valence-corrected chi connectivity index (χ4v) is 2.97. The molecule has 5 nitrogen and oxygen atoms in total. The highest BCUT2D eigenvalue weighted by atomic mass is 79.9. The van der Waals surface area contributed by atoms with Gasteiger partial charge in [0.05, 0.1) is 17.7 Å². The van der Waals surface area contributed by atoms with Gasteiger partial charge in [0, 0.05) is 32.1 Å². The van der Waals surface area contributed by atoms with Crippen LogP contribution in [0.15, 0.2) is 10.7 Å². The number of halogens is 2. The lowest BCUT2D eigenvalue weighted by Crippen LogP contribution is -2.45. The van der Waals surface area contributed by atoms with Gasteiger partial charge in [0.2, 0.25) is 5.28 Å². The van der Waals surface area contributed by atoms with E-state index in [9.17, 15) is 0 Å². The number of anilines is 1. The third-order valence-corrected chi connectivity index (χ3v) is 4.08. The van der Waals surface area contributed by atoms with Crippen LogP contribution in [0.2, 0.25) is 5.28 Å². The summed E-state index contributed by atoms with van der Waals surface area (Å²) >= 11 is 9.29. The van der Waals surface area contributed by atoms with E-state index >= 15 is 0 Å². The number of aromatic nitrogens is 2. The number of nitrogens with zero attached hydrogens (tertiary/aromatic N) is 3. The molecule has 0 saturated carbocycles. The first-order valence-corrected chi connectivity index (χ1v) is 7.07. The first-order chi connectivity index (χ1) is 8.69. The number of hydrogen-bond acceptors (Lipinski definition) is 5. The zero-order valence-corrected chi connectivity index (χ0v) is 12.1. The lowest BCUT2D eigenvalue weighted by molar-refractivity contribution is -0.169. The van der Waals surface area contributed by atoms with Crippen molar-refractivity contribution < 1.29 is 9.47 Å². The molecule has 1 aromatic heterocycles. The molecule has 0 aliphatic carbocycles. The monoisotopic (exact) mass is 333 g/mol. The zero-order chi connectivity index (χ0) is 12.6. The summed E-state index contributed by atoms with van der Waals surface area (Å²) < 4.78 is 12.3. The van der Waals surface area contributed by atoms with Gasteiger partial charge < -0.3 is 14.4 Å². The highest BCUT2D eigenvalue weighted by Gasteiger charge is 2.40. The summed E-state index contributed by atoms with van der Waals surface area (Å²) in [6, 6.07) is 0. The molecule has 0 N–H and O–H groups in total. The molecule has 0 aromatic carbocycles. The predicted molar refractivity (Wildman–Crippen MR) is 70.8 cm³/mol. The van der Waals surface area contributed by atoms with Crippen molar-refractivity contribution in [2.75, 3.05) is 31.2 Å². The number of piperidine rings is 1. The van der Waals surface area contributed by atoms with Crippen LogP contribution in [0.3, 0.4) is 0 Å². The SMILES string of the molecule is Clc1ncc(Br)c(N2CCC3(CC2)OCCO3)n1. The van der Waals surface area contributed by atoms with Crippen LogP contribution in [0.1, 0.15) is 12.8 Å². The van der Waals surface area contributed by atoms with Crippen molar-refractivity contribution in [3.8, 4) is 0 Å². The average Bonchev–Trinajstić information content (AvgIpc) is 2.82. The van der Waals surface area contributed by atoms with Crippen molar-refractivity contribution in [1.29, 1.82) is 0 Å². The van der Waals surface area contributed by atoms with Crippen molar-refractivity contribution in [2.45, 2.75) is 18.6 Å².